The van der Waals surface area contributed by atoms with Crippen LogP contribution in [-0.2, 0) is 9.22 Å². The predicted octanol–water partition coefficient (Wildman–Crippen LogP) is 1.64. The first-order chi connectivity index (χ1) is 5.83. The van der Waals surface area contributed by atoms with Gasteiger partial charge in [-0.25, -0.2) is 0 Å². The topological polar surface area (TPSA) is 29.5 Å². The maximum atomic E-state index is 11.1. The summed E-state index contributed by atoms with van der Waals surface area (Å²) in [5.41, 5.74) is 0.527. The van der Waals surface area contributed by atoms with Crippen LogP contribution >= 0.6 is 0 Å². The quantitative estimate of drug-likeness (QED) is 0.650. The zero-order valence-electron chi connectivity index (χ0n) is 9.55. The Hall–Kier alpha value is -0.353. The molecule has 0 spiro atoms. The zero-order chi connectivity index (χ0) is 10.6. The van der Waals surface area contributed by atoms with Gasteiger partial charge in [-0.1, -0.05) is 13.8 Å². The van der Waals surface area contributed by atoms with E-state index in [9.17, 15) is 4.79 Å². The maximum Gasteiger partial charge on any atom is 0.218 e. The van der Waals surface area contributed by atoms with Gasteiger partial charge in [0.25, 0.3) is 0 Å². The van der Waals surface area contributed by atoms with Gasteiger partial charge >= 0.3 is 0 Å². The van der Waals surface area contributed by atoms with E-state index in [1.54, 1.807) is 18.9 Å². The smallest absolute Gasteiger partial charge is 0.218 e. The lowest BCUT2D eigenvalue weighted by Crippen LogP contribution is -2.49. The molecule has 0 rings (SSSR count). The first kappa shape index (κ1) is 12.6. The summed E-state index contributed by atoms with van der Waals surface area (Å²) in [6, 6.07) is 0. The van der Waals surface area contributed by atoms with Gasteiger partial charge in [-0.2, -0.15) is 0 Å². The second kappa shape index (κ2) is 4.76. The van der Waals surface area contributed by atoms with Crippen molar-refractivity contribution in [3.63, 3.8) is 0 Å². The van der Waals surface area contributed by atoms with E-state index >= 15 is 0 Å². The highest BCUT2D eigenvalue weighted by atomic mass is 28.4. The Morgan fingerprint density at radius 2 is 2.00 bits per heavy atom. The lowest BCUT2D eigenvalue weighted by molar-refractivity contribution is -0.126. The molecule has 0 bridgehead atoms. The van der Waals surface area contributed by atoms with Crippen molar-refractivity contribution in [3.8, 4) is 0 Å². The Bertz CT molecular complexity index is 184. The fourth-order valence-corrected chi connectivity index (χ4v) is 3.20. The van der Waals surface area contributed by atoms with Gasteiger partial charge in [0.2, 0.25) is 14.2 Å². The third kappa shape index (κ3) is 3.48. The first-order valence-electron chi connectivity index (χ1n) is 4.60. The number of nitrogens with zero attached hydrogens (tertiary/aromatic N) is 1. The summed E-state index contributed by atoms with van der Waals surface area (Å²) in [7, 11) is 1.86. The molecule has 0 aromatic heterocycles. The average molecular weight is 203 g/mol. The van der Waals surface area contributed by atoms with Crippen LogP contribution in [0.4, 0.5) is 0 Å². The molecule has 4 heteroatoms. The first-order valence-corrected chi connectivity index (χ1v) is 7.29. The minimum atomic E-state index is -1.72. The summed E-state index contributed by atoms with van der Waals surface area (Å²) in [5, 5.41) is 0. The van der Waals surface area contributed by atoms with Gasteiger partial charge < -0.3 is 9.33 Å². The molecular weight excluding hydrogens is 182 g/mol. The highest BCUT2D eigenvalue weighted by molar-refractivity contribution is 6.74. The van der Waals surface area contributed by atoms with Gasteiger partial charge in [0.1, 0.15) is 0 Å². The van der Waals surface area contributed by atoms with E-state index < -0.39 is 8.32 Å². The monoisotopic (exact) mass is 203 g/mol. The Balaban J connectivity index is 4.35. The Labute approximate surface area is 82.2 Å². The molecule has 0 aromatic carbocycles. The summed E-state index contributed by atoms with van der Waals surface area (Å²) in [6.45, 7) is 8.06. The summed E-state index contributed by atoms with van der Waals surface area (Å²) in [6.07, 6.45) is 0.774. The molecule has 0 heterocycles. The molecule has 78 valence electrons. The molecule has 1 unspecified atom stereocenters. The molecule has 13 heavy (non-hydrogen) atoms. The molecule has 0 radical (unpaired) electrons. The summed E-state index contributed by atoms with van der Waals surface area (Å²) < 4.78 is 5.57. The normalized spacial score (nSPS) is 15.6. The van der Waals surface area contributed by atoms with Crippen LogP contribution in [0.15, 0.2) is 0 Å². The van der Waals surface area contributed by atoms with Crippen molar-refractivity contribution in [2.24, 2.45) is 0 Å². The SMILES string of the molecule is CO[Si](C)(CN(C)C(C)=O)C(C)C. The number of hydrogen-bond donors (Lipinski definition) is 0. The lowest BCUT2D eigenvalue weighted by Gasteiger charge is -2.33. The van der Waals surface area contributed by atoms with E-state index in [2.05, 4.69) is 20.4 Å². The molecule has 1 amide bonds. The minimum Gasteiger partial charge on any atom is -0.418 e. The van der Waals surface area contributed by atoms with Crippen LogP contribution in [0, 0.1) is 0 Å². The van der Waals surface area contributed by atoms with Gasteiger partial charge in [0.15, 0.2) is 0 Å². The highest BCUT2D eigenvalue weighted by Crippen LogP contribution is 2.21. The van der Waals surface area contributed by atoms with Crippen molar-refractivity contribution in [2.75, 3.05) is 20.3 Å². The summed E-state index contributed by atoms with van der Waals surface area (Å²) in [4.78, 5) is 12.8. The van der Waals surface area contributed by atoms with Crippen LogP contribution in [0.5, 0.6) is 0 Å². The van der Waals surface area contributed by atoms with Crippen molar-refractivity contribution in [3.05, 3.63) is 0 Å². The molecule has 3 nitrogen and oxygen atoms in total. The van der Waals surface area contributed by atoms with E-state index in [0.29, 0.717) is 5.54 Å². The van der Waals surface area contributed by atoms with Crippen LogP contribution < -0.4 is 0 Å². The van der Waals surface area contributed by atoms with E-state index in [1.807, 2.05) is 7.05 Å². The van der Waals surface area contributed by atoms with Crippen molar-refractivity contribution in [1.29, 1.82) is 0 Å². The van der Waals surface area contributed by atoms with Gasteiger partial charge in [-0.3, -0.25) is 4.79 Å². The predicted molar refractivity (Wildman–Crippen MR) is 57.0 cm³/mol. The van der Waals surface area contributed by atoms with E-state index in [-0.39, 0.29) is 5.91 Å². The second-order valence-corrected chi connectivity index (χ2v) is 8.55. The van der Waals surface area contributed by atoms with Crippen molar-refractivity contribution in [2.45, 2.75) is 32.9 Å². The lowest BCUT2D eigenvalue weighted by atomic mass is 10.6. The molecule has 0 N–H and O–H groups in total. The van der Waals surface area contributed by atoms with Crippen LogP contribution in [0.3, 0.4) is 0 Å². The van der Waals surface area contributed by atoms with Crippen molar-refractivity contribution < 1.29 is 9.22 Å². The fourth-order valence-electron chi connectivity index (χ4n) is 1.07. The van der Waals surface area contributed by atoms with Gasteiger partial charge in [-0.15, -0.1) is 0 Å². The molecule has 1 atom stereocenters. The van der Waals surface area contributed by atoms with E-state index in [4.69, 9.17) is 4.43 Å². The Morgan fingerprint density at radius 1 is 1.54 bits per heavy atom. The number of rotatable bonds is 4. The van der Waals surface area contributed by atoms with E-state index in [0.717, 1.165) is 6.17 Å². The van der Waals surface area contributed by atoms with Gasteiger partial charge in [-0.05, 0) is 12.1 Å². The Morgan fingerprint density at radius 3 is 2.23 bits per heavy atom. The summed E-state index contributed by atoms with van der Waals surface area (Å²) >= 11 is 0. The number of amides is 1. The highest BCUT2D eigenvalue weighted by Gasteiger charge is 2.33. The number of hydrogen-bond acceptors (Lipinski definition) is 2. The molecule has 0 aliphatic rings. The zero-order valence-corrected chi connectivity index (χ0v) is 10.5. The third-order valence-corrected chi connectivity index (χ3v) is 7.25. The third-order valence-electron chi connectivity index (χ3n) is 2.78. The number of carbonyl (C=O) groups excluding carboxylic acids is 1. The Kier molecular flexibility index (Phi) is 4.63. The molecular formula is C9H21NO2Si. The largest absolute Gasteiger partial charge is 0.418 e. The van der Waals surface area contributed by atoms with Crippen molar-refractivity contribution in [1.82, 2.24) is 4.90 Å². The molecule has 0 aliphatic heterocycles. The minimum absolute atomic E-state index is 0.108. The molecule has 0 saturated heterocycles. The van der Waals surface area contributed by atoms with Crippen LogP contribution in [-0.4, -0.2) is 39.4 Å². The van der Waals surface area contributed by atoms with Crippen LogP contribution in [0.25, 0.3) is 0 Å². The van der Waals surface area contributed by atoms with Crippen LogP contribution in [0.1, 0.15) is 20.8 Å². The summed E-state index contributed by atoms with van der Waals surface area (Å²) in [5.74, 6) is 0.108. The van der Waals surface area contributed by atoms with Gasteiger partial charge in [0.05, 0.1) is 0 Å². The average Bonchev–Trinajstić information content (AvgIpc) is 2.03. The molecule has 0 fully saturated rings. The molecule has 0 aliphatic carbocycles. The second-order valence-electron chi connectivity index (χ2n) is 4.05. The van der Waals surface area contributed by atoms with Gasteiger partial charge in [0, 0.05) is 27.2 Å². The fraction of sp³-hybridized carbons (Fsp3) is 0.889. The molecule has 0 aromatic rings. The van der Waals surface area contributed by atoms with Crippen LogP contribution in [0.2, 0.25) is 12.1 Å². The maximum absolute atomic E-state index is 11.1. The number of carbonyl (C=O) groups is 1. The molecule has 0 saturated carbocycles. The standard InChI is InChI=1S/C9H21NO2Si/c1-8(2)13(6,12-5)7-10(4)9(3)11/h8H,7H2,1-6H3. The van der Waals surface area contributed by atoms with Crippen molar-refractivity contribution >= 4 is 14.2 Å². The van der Waals surface area contributed by atoms with E-state index in [1.165, 1.54) is 0 Å².